The van der Waals surface area contributed by atoms with E-state index in [0.29, 0.717) is 11.4 Å². The standard InChI is InChI=1S/C26H29F3N8/c1-16-20(6-5-7-23(16)26(27,28)29)17(2)32-25-21-12-24(30-14-22(21)18(3)33-34-25)37-10-8-36(9-11-37)19-13-31-35(4)15-19/h5-7,12-15,17H,8-11H2,1-4H3,(H,32,34)/t17-/m1/s1. The molecule has 1 aromatic carbocycles. The highest BCUT2D eigenvalue weighted by atomic mass is 19.4. The Labute approximate surface area is 213 Å². The van der Waals surface area contributed by atoms with Crippen molar-refractivity contribution < 1.29 is 13.2 Å². The van der Waals surface area contributed by atoms with Crippen LogP contribution in [0.1, 0.15) is 35.3 Å². The molecular weight excluding hydrogens is 481 g/mol. The summed E-state index contributed by atoms with van der Waals surface area (Å²) in [5, 5.41) is 17.9. The Hall–Kier alpha value is -3.89. The van der Waals surface area contributed by atoms with E-state index in [1.54, 1.807) is 16.9 Å². The maximum Gasteiger partial charge on any atom is 0.416 e. The molecule has 0 bridgehead atoms. The topological polar surface area (TPSA) is 75.0 Å². The summed E-state index contributed by atoms with van der Waals surface area (Å²) in [6.07, 6.45) is 1.28. The summed E-state index contributed by atoms with van der Waals surface area (Å²) < 4.78 is 42.2. The first kappa shape index (κ1) is 24.8. The number of aromatic nitrogens is 5. The number of benzene rings is 1. The van der Waals surface area contributed by atoms with Gasteiger partial charge in [-0.2, -0.15) is 23.4 Å². The van der Waals surface area contributed by atoms with Gasteiger partial charge in [0.25, 0.3) is 0 Å². The molecule has 0 radical (unpaired) electrons. The Bertz CT molecular complexity index is 1420. The van der Waals surface area contributed by atoms with Crippen LogP contribution < -0.4 is 15.1 Å². The number of hydrogen-bond acceptors (Lipinski definition) is 7. The van der Waals surface area contributed by atoms with Crippen LogP contribution >= 0.6 is 0 Å². The third kappa shape index (κ3) is 4.90. The first-order valence-corrected chi connectivity index (χ1v) is 12.2. The average molecular weight is 511 g/mol. The predicted molar refractivity (Wildman–Crippen MR) is 138 cm³/mol. The maximum atomic E-state index is 13.5. The molecule has 1 aliphatic heterocycles. The molecule has 1 saturated heterocycles. The maximum absolute atomic E-state index is 13.5. The monoisotopic (exact) mass is 510 g/mol. The lowest BCUT2D eigenvalue weighted by Gasteiger charge is -2.36. The van der Waals surface area contributed by atoms with Gasteiger partial charge in [0.1, 0.15) is 5.82 Å². The molecule has 4 aromatic rings. The van der Waals surface area contributed by atoms with Gasteiger partial charge in [-0.3, -0.25) is 4.68 Å². The van der Waals surface area contributed by atoms with Gasteiger partial charge < -0.3 is 15.1 Å². The van der Waals surface area contributed by atoms with E-state index in [9.17, 15) is 13.2 Å². The van der Waals surface area contributed by atoms with Gasteiger partial charge in [-0.05, 0) is 44.0 Å². The molecule has 37 heavy (non-hydrogen) atoms. The molecule has 0 amide bonds. The Balaban J connectivity index is 1.40. The highest BCUT2D eigenvalue weighted by molar-refractivity contribution is 5.94. The van der Waals surface area contributed by atoms with E-state index in [0.717, 1.165) is 60.2 Å². The van der Waals surface area contributed by atoms with Crippen molar-refractivity contribution in [2.45, 2.75) is 33.0 Å². The van der Waals surface area contributed by atoms with Crippen molar-refractivity contribution in [3.05, 3.63) is 65.2 Å². The van der Waals surface area contributed by atoms with Crippen LogP contribution in [-0.2, 0) is 13.2 Å². The van der Waals surface area contributed by atoms with Crippen LogP contribution in [0.15, 0.2) is 42.9 Å². The van der Waals surface area contributed by atoms with Gasteiger partial charge in [0.05, 0.1) is 29.2 Å². The van der Waals surface area contributed by atoms with E-state index in [2.05, 4.69) is 30.4 Å². The summed E-state index contributed by atoms with van der Waals surface area (Å²) in [6, 6.07) is 5.83. The largest absolute Gasteiger partial charge is 0.416 e. The van der Waals surface area contributed by atoms with Crippen molar-refractivity contribution in [3.63, 3.8) is 0 Å². The second-order valence-electron chi connectivity index (χ2n) is 9.45. The van der Waals surface area contributed by atoms with Crippen LogP contribution in [0.3, 0.4) is 0 Å². The Morgan fingerprint density at radius 1 is 0.973 bits per heavy atom. The van der Waals surface area contributed by atoms with E-state index in [1.165, 1.54) is 13.0 Å². The summed E-state index contributed by atoms with van der Waals surface area (Å²) in [5.74, 6) is 1.35. The van der Waals surface area contributed by atoms with Gasteiger partial charge >= 0.3 is 6.18 Å². The number of piperazine rings is 1. The molecule has 4 heterocycles. The summed E-state index contributed by atoms with van der Waals surface area (Å²) in [6.45, 7) is 8.48. The first-order valence-electron chi connectivity index (χ1n) is 12.2. The van der Waals surface area contributed by atoms with Crippen LogP contribution in [0.5, 0.6) is 0 Å². The number of rotatable bonds is 5. The molecule has 1 aliphatic rings. The average Bonchev–Trinajstić information content (AvgIpc) is 3.31. The number of alkyl halides is 3. The van der Waals surface area contributed by atoms with E-state index in [1.807, 2.05) is 39.4 Å². The molecule has 3 aromatic heterocycles. The van der Waals surface area contributed by atoms with Crippen molar-refractivity contribution >= 4 is 28.1 Å². The summed E-state index contributed by atoms with van der Waals surface area (Å²) >= 11 is 0. The van der Waals surface area contributed by atoms with E-state index < -0.39 is 17.8 Å². The van der Waals surface area contributed by atoms with Crippen molar-refractivity contribution in [1.29, 1.82) is 0 Å². The second-order valence-corrected chi connectivity index (χ2v) is 9.45. The quantitative estimate of drug-likeness (QED) is 0.410. The van der Waals surface area contributed by atoms with E-state index in [4.69, 9.17) is 4.98 Å². The minimum atomic E-state index is -4.40. The SMILES string of the molecule is Cc1c([C@@H](C)Nc2nnc(C)c3cnc(N4CCN(c5cnn(C)c5)CC4)cc23)cccc1C(F)(F)F. The molecule has 0 spiro atoms. The zero-order valence-corrected chi connectivity index (χ0v) is 21.2. The van der Waals surface area contributed by atoms with Crippen LogP contribution in [0.25, 0.3) is 10.8 Å². The molecule has 0 aliphatic carbocycles. The fourth-order valence-corrected chi connectivity index (χ4v) is 4.92. The summed E-state index contributed by atoms with van der Waals surface area (Å²) in [7, 11) is 1.91. The van der Waals surface area contributed by atoms with Gasteiger partial charge in [0, 0.05) is 56.4 Å². The van der Waals surface area contributed by atoms with Crippen LogP contribution in [0, 0.1) is 13.8 Å². The minimum Gasteiger partial charge on any atom is -0.365 e. The smallest absolute Gasteiger partial charge is 0.365 e. The number of halogens is 3. The van der Waals surface area contributed by atoms with Crippen molar-refractivity contribution in [1.82, 2.24) is 25.0 Å². The summed E-state index contributed by atoms with van der Waals surface area (Å²) in [4.78, 5) is 9.22. The van der Waals surface area contributed by atoms with E-state index >= 15 is 0 Å². The zero-order chi connectivity index (χ0) is 26.3. The highest BCUT2D eigenvalue weighted by Gasteiger charge is 2.33. The van der Waals surface area contributed by atoms with Crippen molar-refractivity contribution in [3.8, 4) is 0 Å². The lowest BCUT2D eigenvalue weighted by Crippen LogP contribution is -2.46. The fourth-order valence-electron chi connectivity index (χ4n) is 4.92. The number of anilines is 3. The van der Waals surface area contributed by atoms with Crippen LogP contribution in [0.2, 0.25) is 0 Å². The van der Waals surface area contributed by atoms with Gasteiger partial charge in [-0.1, -0.05) is 12.1 Å². The molecule has 8 nitrogen and oxygen atoms in total. The molecule has 5 rings (SSSR count). The highest BCUT2D eigenvalue weighted by Crippen LogP contribution is 2.36. The molecule has 0 saturated carbocycles. The normalized spacial score (nSPS) is 15.3. The Morgan fingerprint density at radius 2 is 1.70 bits per heavy atom. The number of hydrogen-bond donors (Lipinski definition) is 1. The number of nitrogens with one attached hydrogen (secondary N) is 1. The van der Waals surface area contributed by atoms with Gasteiger partial charge in [0.2, 0.25) is 0 Å². The Morgan fingerprint density at radius 3 is 2.38 bits per heavy atom. The number of pyridine rings is 1. The van der Waals surface area contributed by atoms with Gasteiger partial charge in [-0.15, -0.1) is 5.10 Å². The third-order valence-electron chi connectivity index (χ3n) is 7.00. The number of aryl methyl sites for hydroxylation is 2. The second kappa shape index (κ2) is 9.53. The van der Waals surface area contributed by atoms with Gasteiger partial charge in [0.15, 0.2) is 5.82 Å². The van der Waals surface area contributed by atoms with E-state index in [-0.39, 0.29) is 5.56 Å². The molecule has 0 unspecified atom stereocenters. The third-order valence-corrected chi connectivity index (χ3v) is 7.00. The number of nitrogens with zero attached hydrogens (tertiary/aromatic N) is 7. The minimum absolute atomic E-state index is 0.202. The van der Waals surface area contributed by atoms with Crippen molar-refractivity contribution in [2.75, 3.05) is 41.3 Å². The lowest BCUT2D eigenvalue weighted by molar-refractivity contribution is -0.138. The lowest BCUT2D eigenvalue weighted by atomic mass is 9.97. The molecule has 1 N–H and O–H groups in total. The number of fused-ring (bicyclic) bond motifs is 1. The fraction of sp³-hybridized carbons (Fsp3) is 0.385. The zero-order valence-electron chi connectivity index (χ0n) is 21.2. The molecule has 194 valence electrons. The van der Waals surface area contributed by atoms with Crippen LogP contribution in [0.4, 0.5) is 30.5 Å². The molecular formula is C26H29F3N8. The van der Waals surface area contributed by atoms with Crippen LogP contribution in [-0.4, -0.2) is 51.1 Å². The van der Waals surface area contributed by atoms with Gasteiger partial charge in [-0.25, -0.2) is 4.98 Å². The Kier molecular flexibility index (Phi) is 6.38. The first-order chi connectivity index (χ1) is 17.6. The molecule has 11 heteroatoms. The molecule has 1 fully saturated rings. The molecule has 1 atom stereocenters. The predicted octanol–water partition coefficient (Wildman–Crippen LogP) is 4.89. The summed E-state index contributed by atoms with van der Waals surface area (Å²) in [5.41, 5.74) is 1.98. The van der Waals surface area contributed by atoms with Crippen molar-refractivity contribution in [2.24, 2.45) is 7.05 Å².